The normalized spacial score (nSPS) is 11.1. The summed E-state index contributed by atoms with van der Waals surface area (Å²) >= 11 is 6.21. The molecule has 35 heavy (non-hydrogen) atoms. The number of pyridine rings is 1. The fourth-order valence-electron chi connectivity index (χ4n) is 3.10. The van der Waals surface area contributed by atoms with Crippen LogP contribution in [0.1, 0.15) is 32.0 Å². The topological polar surface area (TPSA) is 120 Å². The Labute approximate surface area is 203 Å². The second kappa shape index (κ2) is 11.4. The molecule has 0 aliphatic rings. The molecule has 0 aliphatic heterocycles. The van der Waals surface area contributed by atoms with E-state index in [0.717, 1.165) is 4.68 Å². The number of carbonyl (C=O) groups excluding carboxylic acids is 2. The Bertz CT molecular complexity index is 1260. The van der Waals surface area contributed by atoms with Crippen LogP contribution in [0.5, 0.6) is 5.88 Å². The lowest BCUT2D eigenvalue weighted by atomic mass is 10.0. The largest absolute Gasteiger partial charge is 0.471 e. The molecule has 0 atom stereocenters. The first-order chi connectivity index (χ1) is 16.7. The third-order valence-corrected chi connectivity index (χ3v) is 4.89. The van der Waals surface area contributed by atoms with Crippen molar-refractivity contribution in [2.75, 3.05) is 26.1 Å². The number of oxime groups is 1. The number of alkyl halides is 2. The lowest BCUT2D eigenvalue weighted by Crippen LogP contribution is -2.24. The standard InChI is InChI=1S/C22H21ClF2N6O4/c1-12-7-13(10-28-34-3)8-14(21(32)26-2)19(12)29-22(33)16-9-18(35-11-17(24)25)30-31(16)20-15(23)5-4-6-27-20/h4-10,17H,11H2,1-3H3,(H,26,32)(H,29,33). The van der Waals surface area contributed by atoms with Gasteiger partial charge in [-0.25, -0.2) is 18.4 Å². The van der Waals surface area contributed by atoms with E-state index in [1.807, 2.05) is 0 Å². The molecule has 0 radical (unpaired) electrons. The fourth-order valence-corrected chi connectivity index (χ4v) is 3.30. The molecule has 2 N–H and O–H groups in total. The van der Waals surface area contributed by atoms with Gasteiger partial charge in [0.1, 0.15) is 12.8 Å². The van der Waals surface area contributed by atoms with E-state index in [1.54, 1.807) is 19.1 Å². The number of aromatic nitrogens is 3. The van der Waals surface area contributed by atoms with Crippen LogP contribution in [0, 0.1) is 6.92 Å². The molecule has 1 aromatic carbocycles. The average Bonchev–Trinajstić information content (AvgIpc) is 3.26. The number of halogens is 3. The van der Waals surface area contributed by atoms with Gasteiger partial charge < -0.3 is 20.2 Å². The molecule has 0 aliphatic carbocycles. The van der Waals surface area contributed by atoms with Crippen LogP contribution >= 0.6 is 11.6 Å². The zero-order valence-corrected chi connectivity index (χ0v) is 19.6. The van der Waals surface area contributed by atoms with Crippen molar-refractivity contribution in [1.29, 1.82) is 0 Å². The van der Waals surface area contributed by atoms with Crippen molar-refractivity contribution in [3.05, 3.63) is 63.9 Å². The second-order valence-electron chi connectivity index (χ2n) is 7.00. The van der Waals surface area contributed by atoms with Crippen LogP contribution < -0.4 is 15.4 Å². The summed E-state index contributed by atoms with van der Waals surface area (Å²) in [6, 6.07) is 7.50. The molecular formula is C22H21ClF2N6O4. The number of rotatable bonds is 9. The maximum atomic E-state index is 13.3. The Kier molecular flexibility index (Phi) is 8.31. The number of hydrogen-bond donors (Lipinski definition) is 2. The molecule has 2 aromatic heterocycles. The number of nitrogens with zero attached hydrogens (tertiary/aromatic N) is 4. The summed E-state index contributed by atoms with van der Waals surface area (Å²) in [6.45, 7) is 0.773. The molecule has 0 fully saturated rings. The molecular weight excluding hydrogens is 486 g/mol. The van der Waals surface area contributed by atoms with Crippen LogP contribution in [0.4, 0.5) is 14.5 Å². The molecule has 2 heterocycles. The summed E-state index contributed by atoms with van der Waals surface area (Å²) in [5, 5.41) is 13.1. The van der Waals surface area contributed by atoms with Crippen LogP contribution in [0.25, 0.3) is 5.82 Å². The summed E-state index contributed by atoms with van der Waals surface area (Å²) in [5.41, 5.74) is 1.39. The first-order valence-corrected chi connectivity index (χ1v) is 10.5. The lowest BCUT2D eigenvalue weighted by Gasteiger charge is -2.15. The fraction of sp³-hybridized carbons (Fsp3) is 0.227. The molecule has 184 valence electrons. The smallest absolute Gasteiger partial charge is 0.274 e. The summed E-state index contributed by atoms with van der Waals surface area (Å²) in [6.07, 6.45) is 0.0996. The maximum Gasteiger partial charge on any atom is 0.274 e. The SMILES string of the molecule is CNC(=O)c1cc(C=NOC)cc(C)c1NC(=O)c1cc(OCC(F)F)nn1-c1ncccc1Cl. The average molecular weight is 507 g/mol. The minimum absolute atomic E-state index is 0.0839. The second-order valence-corrected chi connectivity index (χ2v) is 7.41. The Morgan fingerprint density at radius 3 is 2.71 bits per heavy atom. The minimum Gasteiger partial charge on any atom is -0.471 e. The predicted molar refractivity (Wildman–Crippen MR) is 125 cm³/mol. The number of hydrogen-bond acceptors (Lipinski definition) is 7. The molecule has 3 rings (SSSR count). The predicted octanol–water partition coefficient (Wildman–Crippen LogP) is 3.47. The Morgan fingerprint density at radius 1 is 1.29 bits per heavy atom. The van der Waals surface area contributed by atoms with Crippen molar-refractivity contribution in [3.8, 4) is 11.7 Å². The van der Waals surface area contributed by atoms with Crippen molar-refractivity contribution >= 4 is 35.3 Å². The highest BCUT2D eigenvalue weighted by Crippen LogP contribution is 2.26. The molecule has 3 aromatic rings. The van der Waals surface area contributed by atoms with E-state index in [0.29, 0.717) is 11.1 Å². The monoisotopic (exact) mass is 506 g/mol. The van der Waals surface area contributed by atoms with Crippen molar-refractivity contribution in [1.82, 2.24) is 20.1 Å². The van der Waals surface area contributed by atoms with E-state index in [2.05, 4.69) is 30.7 Å². The van der Waals surface area contributed by atoms with Gasteiger partial charge in [-0.15, -0.1) is 5.10 Å². The quantitative estimate of drug-likeness (QED) is 0.339. The van der Waals surface area contributed by atoms with Crippen LogP contribution in [-0.2, 0) is 4.84 Å². The van der Waals surface area contributed by atoms with Gasteiger partial charge in [-0.3, -0.25) is 9.59 Å². The van der Waals surface area contributed by atoms with Crippen LogP contribution in [0.2, 0.25) is 5.02 Å². The maximum absolute atomic E-state index is 13.3. The lowest BCUT2D eigenvalue weighted by molar-refractivity contribution is 0.0793. The van der Waals surface area contributed by atoms with Gasteiger partial charge in [0.2, 0.25) is 5.88 Å². The zero-order chi connectivity index (χ0) is 25.5. The number of benzene rings is 1. The summed E-state index contributed by atoms with van der Waals surface area (Å²) in [4.78, 5) is 34.7. The van der Waals surface area contributed by atoms with Gasteiger partial charge in [0.05, 0.1) is 22.5 Å². The highest BCUT2D eigenvalue weighted by molar-refractivity contribution is 6.32. The van der Waals surface area contributed by atoms with Gasteiger partial charge in [-0.05, 0) is 42.3 Å². The summed E-state index contributed by atoms with van der Waals surface area (Å²) in [5.74, 6) is -1.32. The van der Waals surface area contributed by atoms with Crippen molar-refractivity contribution in [2.24, 2.45) is 5.16 Å². The van der Waals surface area contributed by atoms with Gasteiger partial charge >= 0.3 is 0 Å². The highest BCUT2D eigenvalue weighted by Gasteiger charge is 2.23. The molecule has 0 spiro atoms. The number of amides is 2. The first-order valence-electron chi connectivity index (χ1n) is 10.1. The number of ether oxygens (including phenoxy) is 1. The first kappa shape index (κ1) is 25.6. The van der Waals surface area contributed by atoms with Crippen molar-refractivity contribution < 1.29 is 27.9 Å². The molecule has 10 nitrogen and oxygen atoms in total. The van der Waals surface area contributed by atoms with Gasteiger partial charge in [0.25, 0.3) is 18.2 Å². The number of anilines is 1. The third kappa shape index (κ3) is 6.09. The molecule has 0 saturated heterocycles. The molecule has 0 saturated carbocycles. The molecule has 0 unspecified atom stereocenters. The van der Waals surface area contributed by atoms with E-state index in [1.165, 1.54) is 44.8 Å². The van der Waals surface area contributed by atoms with Crippen LogP contribution in [0.3, 0.4) is 0 Å². The van der Waals surface area contributed by atoms with Gasteiger partial charge in [-0.2, -0.15) is 0 Å². The number of carbonyl (C=O) groups is 2. The van der Waals surface area contributed by atoms with E-state index < -0.39 is 24.8 Å². The van der Waals surface area contributed by atoms with E-state index in [-0.39, 0.29) is 33.7 Å². The van der Waals surface area contributed by atoms with Crippen LogP contribution in [-0.4, -0.2) is 60.0 Å². The molecule has 2 amide bonds. The van der Waals surface area contributed by atoms with Gasteiger partial charge in [0, 0.05) is 19.3 Å². The highest BCUT2D eigenvalue weighted by atomic mass is 35.5. The molecule has 0 bridgehead atoms. The zero-order valence-electron chi connectivity index (χ0n) is 18.9. The Morgan fingerprint density at radius 2 is 2.06 bits per heavy atom. The van der Waals surface area contributed by atoms with E-state index in [4.69, 9.17) is 16.3 Å². The van der Waals surface area contributed by atoms with E-state index in [9.17, 15) is 18.4 Å². The summed E-state index contributed by atoms with van der Waals surface area (Å²) < 4.78 is 31.3. The van der Waals surface area contributed by atoms with Crippen molar-refractivity contribution in [3.63, 3.8) is 0 Å². The van der Waals surface area contributed by atoms with E-state index >= 15 is 0 Å². The minimum atomic E-state index is -2.74. The van der Waals surface area contributed by atoms with Crippen molar-refractivity contribution in [2.45, 2.75) is 13.3 Å². The van der Waals surface area contributed by atoms with Gasteiger partial charge in [0.15, 0.2) is 12.4 Å². The Balaban J connectivity index is 2.05. The number of aryl methyl sites for hydroxylation is 1. The molecule has 13 heteroatoms. The third-order valence-electron chi connectivity index (χ3n) is 4.59. The number of nitrogens with one attached hydrogen (secondary N) is 2. The van der Waals surface area contributed by atoms with Gasteiger partial charge in [-0.1, -0.05) is 16.8 Å². The van der Waals surface area contributed by atoms with Crippen LogP contribution in [0.15, 0.2) is 41.7 Å². The summed E-state index contributed by atoms with van der Waals surface area (Å²) in [7, 11) is 2.83. The Hall–Kier alpha value is -4.06.